The Bertz CT molecular complexity index is 738. The largest absolute Gasteiger partial charge is 0.478 e. The van der Waals surface area contributed by atoms with Crippen LogP contribution in [0.4, 0.5) is 0 Å². The Kier molecular flexibility index (Phi) is 4.77. The zero-order valence-electron chi connectivity index (χ0n) is 11.4. The van der Waals surface area contributed by atoms with Crippen molar-refractivity contribution in [3.8, 4) is 0 Å². The molecule has 0 radical (unpaired) electrons. The number of hydrogen-bond acceptors (Lipinski definition) is 4. The summed E-state index contributed by atoms with van der Waals surface area (Å²) in [5.41, 5.74) is 3.80. The Hall–Kier alpha value is -3.28. The zero-order valence-corrected chi connectivity index (χ0v) is 11.4. The maximum Gasteiger partial charge on any atom is 0.328 e. The van der Waals surface area contributed by atoms with Crippen LogP contribution in [0.15, 0.2) is 60.7 Å². The topological polar surface area (TPSA) is 100 Å². The molecular weight excluding hydrogens is 284 g/mol. The molecule has 3 rings (SSSR count). The number of rotatable bonds is 2. The van der Waals surface area contributed by atoms with Crippen LogP contribution in [-0.4, -0.2) is 32.1 Å². The van der Waals surface area contributed by atoms with Crippen LogP contribution in [-0.2, 0) is 9.59 Å². The summed E-state index contributed by atoms with van der Waals surface area (Å²) in [5, 5.41) is 15.6. The second kappa shape index (κ2) is 6.94. The van der Waals surface area contributed by atoms with Gasteiger partial charge in [-0.15, -0.1) is 0 Å². The molecule has 2 N–H and O–H groups in total. The van der Waals surface area contributed by atoms with Gasteiger partial charge in [0.2, 0.25) is 0 Å². The normalized spacial score (nSPS) is 10.4. The lowest BCUT2D eigenvalue weighted by molar-refractivity contribution is -0.134. The van der Waals surface area contributed by atoms with Crippen LogP contribution in [0.5, 0.6) is 0 Å². The van der Waals surface area contributed by atoms with E-state index in [-0.39, 0.29) is 0 Å². The average molecular weight is 296 g/mol. The number of aliphatic carboxylic acids is 2. The summed E-state index contributed by atoms with van der Waals surface area (Å²) in [5.74, 6) is -2.51. The Morgan fingerprint density at radius 2 is 0.955 bits per heavy atom. The molecule has 0 aliphatic heterocycles. The van der Waals surface area contributed by atoms with E-state index in [1.807, 2.05) is 48.5 Å². The lowest BCUT2D eigenvalue weighted by Crippen LogP contribution is -1.91. The molecule has 1 aromatic heterocycles. The smallest absolute Gasteiger partial charge is 0.328 e. The fourth-order valence-corrected chi connectivity index (χ4v) is 1.71. The van der Waals surface area contributed by atoms with Gasteiger partial charge in [-0.05, 0) is 24.3 Å². The summed E-state index contributed by atoms with van der Waals surface area (Å²) >= 11 is 0. The quantitative estimate of drug-likeness (QED) is 0.556. The van der Waals surface area contributed by atoms with Gasteiger partial charge in [0.1, 0.15) is 0 Å². The number of para-hydroxylation sites is 4. The van der Waals surface area contributed by atoms with Crippen molar-refractivity contribution in [1.29, 1.82) is 0 Å². The van der Waals surface area contributed by atoms with Gasteiger partial charge in [0.05, 0.1) is 22.1 Å². The number of carbonyl (C=O) groups is 2. The highest BCUT2D eigenvalue weighted by Crippen LogP contribution is 2.14. The highest BCUT2D eigenvalue weighted by atomic mass is 16.4. The van der Waals surface area contributed by atoms with Crippen molar-refractivity contribution in [1.82, 2.24) is 9.97 Å². The van der Waals surface area contributed by atoms with E-state index in [1.165, 1.54) is 0 Å². The predicted molar refractivity (Wildman–Crippen MR) is 81.5 cm³/mol. The minimum atomic E-state index is -1.26. The molecule has 0 saturated heterocycles. The Morgan fingerprint density at radius 1 is 0.682 bits per heavy atom. The number of nitrogens with zero attached hydrogens (tertiary/aromatic N) is 2. The molecule has 0 saturated carbocycles. The molecule has 6 heteroatoms. The highest BCUT2D eigenvalue weighted by Gasteiger charge is 1.98. The van der Waals surface area contributed by atoms with Crippen LogP contribution in [0.1, 0.15) is 0 Å². The third-order valence-electron chi connectivity index (χ3n) is 2.61. The Labute approximate surface area is 125 Å². The maximum absolute atomic E-state index is 9.55. The fourth-order valence-electron chi connectivity index (χ4n) is 1.71. The lowest BCUT2D eigenvalue weighted by Gasteiger charge is -1.98. The van der Waals surface area contributed by atoms with Crippen molar-refractivity contribution >= 4 is 34.0 Å². The summed E-state index contributed by atoms with van der Waals surface area (Å²) in [7, 11) is 0. The van der Waals surface area contributed by atoms with Crippen LogP contribution in [0.3, 0.4) is 0 Å². The molecule has 2 aromatic carbocycles. The van der Waals surface area contributed by atoms with Gasteiger partial charge in [0.15, 0.2) is 0 Å². The van der Waals surface area contributed by atoms with Crippen LogP contribution in [0, 0.1) is 0 Å². The first kappa shape index (κ1) is 15.1. The molecule has 0 bridgehead atoms. The molecule has 0 amide bonds. The number of aromatic nitrogens is 2. The van der Waals surface area contributed by atoms with Crippen LogP contribution < -0.4 is 0 Å². The second-order valence-corrected chi connectivity index (χ2v) is 4.21. The third-order valence-corrected chi connectivity index (χ3v) is 2.61. The number of fused-ring (bicyclic) bond motifs is 2. The minimum absolute atomic E-state index is 0.558. The molecule has 110 valence electrons. The molecule has 0 fully saturated rings. The number of carboxylic acids is 2. The summed E-state index contributed by atoms with van der Waals surface area (Å²) < 4.78 is 0. The van der Waals surface area contributed by atoms with E-state index in [0.717, 1.165) is 22.1 Å². The number of carboxylic acid groups (broad SMARTS) is 2. The molecule has 0 atom stereocenters. The molecule has 0 spiro atoms. The summed E-state index contributed by atoms with van der Waals surface area (Å²) in [4.78, 5) is 28.1. The molecule has 0 aliphatic rings. The van der Waals surface area contributed by atoms with Crippen molar-refractivity contribution in [3.63, 3.8) is 0 Å². The number of hydrogen-bond donors (Lipinski definition) is 2. The molecule has 22 heavy (non-hydrogen) atoms. The van der Waals surface area contributed by atoms with Gasteiger partial charge in [0, 0.05) is 12.2 Å². The van der Waals surface area contributed by atoms with E-state index >= 15 is 0 Å². The lowest BCUT2D eigenvalue weighted by atomic mass is 10.2. The van der Waals surface area contributed by atoms with E-state index in [1.54, 1.807) is 0 Å². The maximum atomic E-state index is 9.55. The van der Waals surface area contributed by atoms with E-state index in [2.05, 4.69) is 9.97 Å². The molecule has 0 aliphatic carbocycles. The SMILES string of the molecule is O=C(O)C=CC(=O)O.c1ccc2nc3ccccc3nc2c1. The van der Waals surface area contributed by atoms with Gasteiger partial charge in [-0.1, -0.05) is 24.3 Å². The monoisotopic (exact) mass is 296 g/mol. The van der Waals surface area contributed by atoms with Gasteiger partial charge in [-0.25, -0.2) is 19.6 Å². The summed E-state index contributed by atoms with van der Waals surface area (Å²) in [6.45, 7) is 0. The van der Waals surface area contributed by atoms with E-state index in [9.17, 15) is 9.59 Å². The first-order valence-corrected chi connectivity index (χ1v) is 6.32. The van der Waals surface area contributed by atoms with E-state index < -0.39 is 11.9 Å². The summed E-state index contributed by atoms with van der Waals surface area (Å²) in [6, 6.07) is 15.8. The van der Waals surface area contributed by atoms with Gasteiger partial charge < -0.3 is 10.2 Å². The molecule has 6 nitrogen and oxygen atoms in total. The van der Waals surface area contributed by atoms with Crippen molar-refractivity contribution in [2.24, 2.45) is 0 Å². The molecule has 3 aromatic rings. The fraction of sp³-hybridized carbons (Fsp3) is 0. The average Bonchev–Trinajstić information content (AvgIpc) is 2.51. The van der Waals surface area contributed by atoms with Gasteiger partial charge in [0.25, 0.3) is 0 Å². The predicted octanol–water partition coefficient (Wildman–Crippen LogP) is 2.49. The highest BCUT2D eigenvalue weighted by molar-refractivity contribution is 5.89. The van der Waals surface area contributed by atoms with Crippen molar-refractivity contribution < 1.29 is 19.8 Å². The van der Waals surface area contributed by atoms with Gasteiger partial charge in [-0.2, -0.15) is 0 Å². The Morgan fingerprint density at radius 3 is 1.18 bits per heavy atom. The van der Waals surface area contributed by atoms with Gasteiger partial charge >= 0.3 is 11.9 Å². The Balaban J connectivity index is 0.000000192. The van der Waals surface area contributed by atoms with Crippen molar-refractivity contribution in [2.45, 2.75) is 0 Å². The zero-order chi connectivity index (χ0) is 15.9. The van der Waals surface area contributed by atoms with Gasteiger partial charge in [-0.3, -0.25) is 0 Å². The van der Waals surface area contributed by atoms with Crippen LogP contribution in [0.25, 0.3) is 22.1 Å². The van der Waals surface area contributed by atoms with Crippen molar-refractivity contribution in [2.75, 3.05) is 0 Å². The van der Waals surface area contributed by atoms with Crippen LogP contribution >= 0.6 is 0 Å². The summed E-state index contributed by atoms with van der Waals surface area (Å²) in [6.07, 6.45) is 1.12. The molecular formula is C16H12N2O4. The molecule has 0 unspecified atom stereocenters. The minimum Gasteiger partial charge on any atom is -0.478 e. The van der Waals surface area contributed by atoms with Crippen LogP contribution in [0.2, 0.25) is 0 Å². The first-order valence-electron chi connectivity index (χ1n) is 6.32. The second-order valence-electron chi connectivity index (χ2n) is 4.21. The first-order chi connectivity index (χ1) is 10.6. The van der Waals surface area contributed by atoms with Crippen molar-refractivity contribution in [3.05, 3.63) is 60.7 Å². The third kappa shape index (κ3) is 4.11. The molecule has 1 heterocycles. The van der Waals surface area contributed by atoms with E-state index in [4.69, 9.17) is 10.2 Å². The number of benzene rings is 2. The van der Waals surface area contributed by atoms with E-state index in [0.29, 0.717) is 12.2 Å². The standard InChI is InChI=1S/C12H8N2.C4H4O4/c1-2-6-10-9(5-1)13-11-7-3-4-8-12(11)14-10;5-3(6)1-2-4(7)8/h1-8H;1-2H,(H,5,6)(H,7,8).